The van der Waals surface area contributed by atoms with Gasteiger partial charge in [-0.25, -0.2) is 0 Å². The minimum absolute atomic E-state index is 0.164. The maximum Gasteiger partial charge on any atom is 0.302 e. The molecular weight excluding hydrogens is 488 g/mol. The molecule has 8 heteroatoms. The predicted molar refractivity (Wildman–Crippen MR) is 145 cm³/mol. The van der Waals surface area contributed by atoms with Crippen LogP contribution in [0.2, 0.25) is 0 Å². The van der Waals surface area contributed by atoms with Gasteiger partial charge in [0.05, 0.1) is 48.3 Å². The Bertz CT molecular complexity index is 1110. The molecule has 1 aliphatic carbocycles. The van der Waals surface area contributed by atoms with Crippen LogP contribution < -0.4 is 28.4 Å². The largest absolute Gasteiger partial charge is 0.493 e. The number of rotatable bonds is 13. The van der Waals surface area contributed by atoms with E-state index in [1.807, 2.05) is 32.0 Å². The molecular formula is C30H40O8. The van der Waals surface area contributed by atoms with Crippen LogP contribution in [0.5, 0.6) is 34.5 Å². The van der Waals surface area contributed by atoms with E-state index in [9.17, 15) is 4.79 Å². The highest BCUT2D eigenvalue weighted by Crippen LogP contribution is 2.54. The van der Waals surface area contributed by atoms with Crippen LogP contribution in [0.25, 0.3) is 0 Å². The van der Waals surface area contributed by atoms with Crippen molar-refractivity contribution in [2.45, 2.75) is 46.0 Å². The van der Waals surface area contributed by atoms with Gasteiger partial charge in [0, 0.05) is 24.3 Å². The van der Waals surface area contributed by atoms with E-state index in [4.69, 9.17) is 33.2 Å². The minimum Gasteiger partial charge on any atom is -0.493 e. The molecule has 0 aromatic heterocycles. The molecule has 2 unspecified atom stereocenters. The highest BCUT2D eigenvalue weighted by Gasteiger charge is 2.39. The van der Waals surface area contributed by atoms with E-state index >= 15 is 0 Å². The number of esters is 1. The molecule has 2 aromatic carbocycles. The zero-order chi connectivity index (χ0) is 27.8. The van der Waals surface area contributed by atoms with Crippen molar-refractivity contribution in [3.05, 3.63) is 47.0 Å². The van der Waals surface area contributed by atoms with Crippen LogP contribution in [0, 0.1) is 5.92 Å². The molecule has 0 amide bonds. The molecule has 0 saturated carbocycles. The van der Waals surface area contributed by atoms with Crippen LogP contribution in [0.15, 0.2) is 30.4 Å². The summed E-state index contributed by atoms with van der Waals surface area (Å²) >= 11 is 0. The molecule has 0 N–H and O–H groups in total. The van der Waals surface area contributed by atoms with E-state index in [0.717, 1.165) is 35.1 Å². The summed E-state index contributed by atoms with van der Waals surface area (Å²) in [6.45, 7) is 11.1. The molecule has 3 rings (SSSR count). The van der Waals surface area contributed by atoms with Gasteiger partial charge in [-0.1, -0.05) is 26.0 Å². The van der Waals surface area contributed by atoms with Gasteiger partial charge in [0.1, 0.15) is 0 Å². The fourth-order valence-corrected chi connectivity index (χ4v) is 4.92. The Kier molecular flexibility index (Phi) is 10.2. The summed E-state index contributed by atoms with van der Waals surface area (Å²) in [4.78, 5) is 11.8. The van der Waals surface area contributed by atoms with Crippen molar-refractivity contribution in [3.8, 4) is 34.5 Å². The van der Waals surface area contributed by atoms with Gasteiger partial charge in [-0.2, -0.15) is 0 Å². The van der Waals surface area contributed by atoms with Crippen LogP contribution in [-0.4, -0.2) is 54.2 Å². The van der Waals surface area contributed by atoms with Crippen LogP contribution in [0.1, 0.15) is 56.2 Å². The van der Waals surface area contributed by atoms with Crippen molar-refractivity contribution in [2.75, 3.05) is 48.3 Å². The number of ether oxygens (including phenoxy) is 7. The van der Waals surface area contributed by atoms with Gasteiger partial charge in [-0.3, -0.25) is 4.79 Å². The Hall–Kier alpha value is -3.55. The van der Waals surface area contributed by atoms with Crippen molar-refractivity contribution in [1.82, 2.24) is 0 Å². The molecule has 0 fully saturated rings. The summed E-state index contributed by atoms with van der Waals surface area (Å²) in [6, 6.07) is 5.87. The molecule has 1 aliphatic rings. The Morgan fingerprint density at radius 1 is 0.842 bits per heavy atom. The molecule has 8 nitrogen and oxygen atoms in total. The quantitative estimate of drug-likeness (QED) is 0.241. The summed E-state index contributed by atoms with van der Waals surface area (Å²) in [5.41, 5.74) is 3.74. The molecule has 0 spiro atoms. The number of benzene rings is 2. The molecule has 2 atom stereocenters. The van der Waals surface area contributed by atoms with Crippen molar-refractivity contribution in [2.24, 2.45) is 5.92 Å². The van der Waals surface area contributed by atoms with E-state index in [1.54, 1.807) is 28.4 Å². The average Bonchev–Trinajstić information content (AvgIpc) is 2.92. The Labute approximate surface area is 225 Å². The first-order valence-corrected chi connectivity index (χ1v) is 12.9. The first-order valence-electron chi connectivity index (χ1n) is 12.9. The van der Waals surface area contributed by atoms with Gasteiger partial charge in [0.2, 0.25) is 11.5 Å². The first-order chi connectivity index (χ1) is 18.3. The minimum atomic E-state index is -0.352. The second-order valence-corrected chi connectivity index (χ2v) is 9.19. The van der Waals surface area contributed by atoms with Crippen LogP contribution >= 0.6 is 0 Å². The van der Waals surface area contributed by atoms with Gasteiger partial charge < -0.3 is 33.2 Å². The summed E-state index contributed by atoms with van der Waals surface area (Å²) in [6.07, 6.45) is 2.24. The Morgan fingerprint density at radius 3 is 1.89 bits per heavy atom. The molecule has 208 valence electrons. The zero-order valence-corrected chi connectivity index (χ0v) is 23.6. The number of fused-ring (bicyclic) bond motifs is 1. The first kappa shape index (κ1) is 29.0. The number of hydrogen-bond donors (Lipinski definition) is 0. The van der Waals surface area contributed by atoms with Gasteiger partial charge in [-0.05, 0) is 48.6 Å². The van der Waals surface area contributed by atoms with Gasteiger partial charge in [0.15, 0.2) is 23.0 Å². The molecule has 0 heterocycles. The summed E-state index contributed by atoms with van der Waals surface area (Å²) in [5, 5.41) is 0. The molecule has 0 bridgehead atoms. The number of methoxy groups -OCH3 is 4. The van der Waals surface area contributed by atoms with E-state index in [0.29, 0.717) is 54.1 Å². The molecule has 0 saturated heterocycles. The third-order valence-corrected chi connectivity index (χ3v) is 6.61. The zero-order valence-electron chi connectivity index (χ0n) is 23.6. The third-order valence-electron chi connectivity index (χ3n) is 6.61. The lowest BCUT2D eigenvalue weighted by molar-refractivity contribution is -0.142. The third kappa shape index (κ3) is 5.95. The lowest BCUT2D eigenvalue weighted by Crippen LogP contribution is -2.29. The van der Waals surface area contributed by atoms with Gasteiger partial charge in [-0.15, -0.1) is 0 Å². The van der Waals surface area contributed by atoms with Gasteiger partial charge >= 0.3 is 5.97 Å². The average molecular weight is 529 g/mol. The second-order valence-electron chi connectivity index (χ2n) is 9.19. The maximum atomic E-state index is 11.8. The summed E-state index contributed by atoms with van der Waals surface area (Å²) in [7, 11) is 6.44. The van der Waals surface area contributed by atoms with Crippen LogP contribution in [0.3, 0.4) is 0 Å². The summed E-state index contributed by atoms with van der Waals surface area (Å²) < 4.78 is 40.8. The molecule has 2 aromatic rings. The van der Waals surface area contributed by atoms with E-state index < -0.39 is 0 Å². The Morgan fingerprint density at radius 2 is 1.39 bits per heavy atom. The fraction of sp³-hybridized carbons (Fsp3) is 0.500. The number of carbonyl (C=O) groups is 1. The molecule has 38 heavy (non-hydrogen) atoms. The predicted octanol–water partition coefficient (Wildman–Crippen LogP) is 5.72. The summed E-state index contributed by atoms with van der Waals surface area (Å²) in [5.74, 6) is 2.47. The van der Waals surface area contributed by atoms with E-state index in [1.165, 1.54) is 6.92 Å². The SMILES string of the molecule is C=C1Cc2cc(OC)c(OCCC)c(OC)c2C(c2cc(OC)c(OCCC)c(OC)c2)C1COC(C)=O. The van der Waals surface area contributed by atoms with Crippen molar-refractivity contribution >= 4 is 5.97 Å². The van der Waals surface area contributed by atoms with Crippen LogP contribution in [-0.2, 0) is 16.0 Å². The van der Waals surface area contributed by atoms with Crippen molar-refractivity contribution in [1.29, 1.82) is 0 Å². The molecule has 0 aliphatic heterocycles. The van der Waals surface area contributed by atoms with Crippen molar-refractivity contribution < 1.29 is 38.0 Å². The van der Waals surface area contributed by atoms with Crippen LogP contribution in [0.4, 0.5) is 0 Å². The van der Waals surface area contributed by atoms with Crippen molar-refractivity contribution in [3.63, 3.8) is 0 Å². The highest BCUT2D eigenvalue weighted by molar-refractivity contribution is 5.67. The fourth-order valence-electron chi connectivity index (χ4n) is 4.92. The molecule has 0 radical (unpaired) electrons. The highest BCUT2D eigenvalue weighted by atomic mass is 16.5. The lowest BCUT2D eigenvalue weighted by atomic mass is 9.69. The number of carbonyl (C=O) groups excluding carboxylic acids is 1. The standard InChI is InChI=1S/C30H40O8/c1-9-11-36-28-23(32-5)15-21(16-24(28)33-6)26-22(17-38-19(4)31)18(3)13-20-14-25(34-7)29(37-12-10-2)30(35-8)27(20)26/h14-16,22,26H,3,9-13,17H2,1-2,4-8H3. The normalized spacial score (nSPS) is 16.3. The second kappa shape index (κ2) is 13.3. The van der Waals surface area contributed by atoms with E-state index in [-0.39, 0.29) is 24.4 Å². The topological polar surface area (TPSA) is 81.7 Å². The Balaban J connectivity index is 2.32. The maximum absolute atomic E-state index is 11.8. The lowest BCUT2D eigenvalue weighted by Gasteiger charge is -2.37. The van der Waals surface area contributed by atoms with E-state index in [2.05, 4.69) is 6.58 Å². The number of hydrogen-bond acceptors (Lipinski definition) is 8. The monoisotopic (exact) mass is 528 g/mol. The van der Waals surface area contributed by atoms with Gasteiger partial charge in [0.25, 0.3) is 0 Å². The smallest absolute Gasteiger partial charge is 0.302 e.